The molecule has 1 heterocycles. The Morgan fingerprint density at radius 3 is 2.60 bits per heavy atom. The lowest BCUT2D eigenvalue weighted by molar-refractivity contribution is -0.671. The summed E-state index contributed by atoms with van der Waals surface area (Å²) in [6.07, 6.45) is 7.97. The van der Waals surface area contributed by atoms with Crippen molar-refractivity contribution in [3.63, 3.8) is 0 Å². The van der Waals surface area contributed by atoms with Crippen LogP contribution in [0.25, 0.3) is 0 Å². The number of hydrogen-bond donors (Lipinski definition) is 0. The second-order valence-electron chi connectivity index (χ2n) is 4.13. The number of nitrogens with zero attached hydrogens (tertiary/aromatic N) is 1. The Bertz CT molecular complexity index is 334. The van der Waals surface area contributed by atoms with E-state index in [1.807, 2.05) is 24.0 Å². The molecule has 0 amide bonds. The summed E-state index contributed by atoms with van der Waals surface area (Å²) in [6.45, 7) is 0. The van der Waals surface area contributed by atoms with Gasteiger partial charge in [-0.15, -0.1) is 0 Å². The molecule has 2 rings (SSSR count). The first-order valence-corrected chi connectivity index (χ1v) is 5.22. The lowest BCUT2D eigenvalue weighted by Crippen LogP contribution is -3.00. The van der Waals surface area contributed by atoms with Crippen LogP contribution in [0.2, 0.25) is 0 Å². The van der Waals surface area contributed by atoms with E-state index >= 15 is 0 Å². The van der Waals surface area contributed by atoms with E-state index < -0.39 is 0 Å². The van der Waals surface area contributed by atoms with Crippen LogP contribution in [0.5, 0.6) is 0 Å². The highest BCUT2D eigenvalue weighted by Gasteiger charge is 2.24. The molecule has 0 saturated heterocycles. The minimum absolute atomic E-state index is 0. The fourth-order valence-corrected chi connectivity index (χ4v) is 2.06. The average molecular weight is 317 g/mol. The van der Waals surface area contributed by atoms with Crippen LogP contribution in [0.1, 0.15) is 24.8 Å². The molecule has 1 aromatic heterocycles. The van der Waals surface area contributed by atoms with E-state index in [2.05, 4.69) is 12.1 Å². The van der Waals surface area contributed by atoms with Crippen LogP contribution < -0.4 is 28.5 Å². The number of pyridine rings is 1. The zero-order valence-corrected chi connectivity index (χ0v) is 11.1. The average Bonchev–Trinajstić information content (AvgIpc) is 2.56. The number of aryl methyl sites for hydroxylation is 1. The Labute approximate surface area is 108 Å². The standard InChI is InChI=1S/C12H16NO.HI/c1-13-7-5-10(6-8-13)9-11-3-2-4-12(11)14;/h5-8,11H,2-4,9H2,1H3;1H/q+1;/p-1. The Morgan fingerprint density at radius 1 is 1.40 bits per heavy atom. The maximum absolute atomic E-state index is 11.4. The first-order valence-electron chi connectivity index (χ1n) is 5.22. The van der Waals surface area contributed by atoms with Gasteiger partial charge >= 0.3 is 0 Å². The second-order valence-corrected chi connectivity index (χ2v) is 4.13. The SMILES string of the molecule is C[n+]1ccc(CC2CCCC2=O)cc1.[I-]. The number of carbonyl (C=O) groups excluding carboxylic acids is 1. The fourth-order valence-electron chi connectivity index (χ4n) is 2.06. The quantitative estimate of drug-likeness (QED) is 0.477. The van der Waals surface area contributed by atoms with Crippen molar-refractivity contribution in [3.8, 4) is 0 Å². The minimum Gasteiger partial charge on any atom is -1.00 e. The van der Waals surface area contributed by atoms with E-state index in [-0.39, 0.29) is 24.0 Å². The van der Waals surface area contributed by atoms with Gasteiger partial charge < -0.3 is 24.0 Å². The van der Waals surface area contributed by atoms with Crippen molar-refractivity contribution < 1.29 is 33.3 Å². The van der Waals surface area contributed by atoms with E-state index in [1.165, 1.54) is 5.56 Å². The van der Waals surface area contributed by atoms with Gasteiger partial charge in [0.15, 0.2) is 12.4 Å². The monoisotopic (exact) mass is 317 g/mol. The van der Waals surface area contributed by atoms with Gasteiger partial charge in [0.1, 0.15) is 12.8 Å². The zero-order valence-electron chi connectivity index (χ0n) is 8.95. The van der Waals surface area contributed by atoms with Gasteiger partial charge in [0.05, 0.1) is 0 Å². The molecular weight excluding hydrogens is 301 g/mol. The van der Waals surface area contributed by atoms with Gasteiger partial charge in [-0.1, -0.05) is 0 Å². The molecule has 0 aliphatic heterocycles. The number of halogens is 1. The normalized spacial score (nSPS) is 20.1. The van der Waals surface area contributed by atoms with Gasteiger partial charge in [-0.25, -0.2) is 4.57 Å². The van der Waals surface area contributed by atoms with Crippen LogP contribution in [0, 0.1) is 5.92 Å². The number of aromatic nitrogens is 1. The lowest BCUT2D eigenvalue weighted by atomic mass is 9.98. The van der Waals surface area contributed by atoms with Crippen molar-refractivity contribution in [1.82, 2.24) is 0 Å². The number of carbonyl (C=O) groups is 1. The van der Waals surface area contributed by atoms with Crippen LogP contribution in [0.15, 0.2) is 24.5 Å². The van der Waals surface area contributed by atoms with Crippen LogP contribution in [-0.4, -0.2) is 5.78 Å². The highest BCUT2D eigenvalue weighted by Crippen LogP contribution is 2.24. The highest BCUT2D eigenvalue weighted by molar-refractivity contribution is 5.83. The van der Waals surface area contributed by atoms with Crippen molar-refractivity contribution in [1.29, 1.82) is 0 Å². The van der Waals surface area contributed by atoms with E-state index in [9.17, 15) is 4.79 Å². The Morgan fingerprint density at radius 2 is 2.07 bits per heavy atom. The molecule has 1 aliphatic carbocycles. The van der Waals surface area contributed by atoms with E-state index in [0.29, 0.717) is 11.7 Å². The molecule has 3 heteroatoms. The van der Waals surface area contributed by atoms with Crippen LogP contribution in [0.3, 0.4) is 0 Å². The lowest BCUT2D eigenvalue weighted by Gasteiger charge is -2.06. The minimum atomic E-state index is 0. The van der Waals surface area contributed by atoms with Gasteiger partial charge in [-0.2, -0.15) is 0 Å². The third-order valence-corrected chi connectivity index (χ3v) is 2.96. The van der Waals surface area contributed by atoms with Crippen molar-refractivity contribution in [3.05, 3.63) is 30.1 Å². The Kier molecular flexibility index (Phi) is 4.70. The fraction of sp³-hybridized carbons (Fsp3) is 0.500. The number of Topliss-reactive ketones (excluding diaryl/α,β-unsaturated/α-hetero) is 1. The predicted octanol–water partition coefficient (Wildman–Crippen LogP) is -1.57. The molecule has 1 saturated carbocycles. The summed E-state index contributed by atoms with van der Waals surface area (Å²) in [7, 11) is 2.00. The topological polar surface area (TPSA) is 20.9 Å². The van der Waals surface area contributed by atoms with Crippen LogP contribution in [0.4, 0.5) is 0 Å². The number of rotatable bonds is 2. The highest BCUT2D eigenvalue weighted by atomic mass is 127. The van der Waals surface area contributed by atoms with E-state index in [4.69, 9.17) is 0 Å². The molecule has 0 spiro atoms. The number of ketones is 1. The maximum atomic E-state index is 11.4. The number of hydrogen-bond acceptors (Lipinski definition) is 1. The summed E-state index contributed by atoms with van der Waals surface area (Å²) < 4.78 is 2.01. The Hall–Kier alpha value is -0.450. The molecule has 15 heavy (non-hydrogen) atoms. The molecule has 0 aromatic carbocycles. The molecule has 1 unspecified atom stereocenters. The largest absolute Gasteiger partial charge is 1.00 e. The summed E-state index contributed by atoms with van der Waals surface area (Å²) in [5.74, 6) is 0.751. The van der Waals surface area contributed by atoms with Crippen LogP contribution in [-0.2, 0) is 18.3 Å². The van der Waals surface area contributed by atoms with Gasteiger partial charge in [-0.05, 0) is 24.8 Å². The molecule has 1 aromatic rings. The molecule has 0 bridgehead atoms. The molecule has 0 radical (unpaired) electrons. The molecule has 2 nitrogen and oxygen atoms in total. The summed E-state index contributed by atoms with van der Waals surface area (Å²) in [5.41, 5.74) is 1.28. The maximum Gasteiger partial charge on any atom is 0.168 e. The molecule has 82 valence electrons. The molecule has 0 N–H and O–H groups in total. The molecule has 1 atom stereocenters. The summed E-state index contributed by atoms with van der Waals surface area (Å²) in [5, 5.41) is 0. The van der Waals surface area contributed by atoms with Gasteiger partial charge in [0.2, 0.25) is 0 Å². The third-order valence-electron chi connectivity index (χ3n) is 2.96. The second kappa shape index (κ2) is 5.58. The first kappa shape index (κ1) is 12.6. The van der Waals surface area contributed by atoms with E-state index in [1.54, 1.807) is 0 Å². The van der Waals surface area contributed by atoms with Crippen molar-refractivity contribution in [2.45, 2.75) is 25.7 Å². The van der Waals surface area contributed by atoms with Crippen molar-refractivity contribution >= 4 is 5.78 Å². The summed E-state index contributed by atoms with van der Waals surface area (Å²) in [6, 6.07) is 4.21. The van der Waals surface area contributed by atoms with Gasteiger partial charge in [0.25, 0.3) is 0 Å². The molecule has 1 fully saturated rings. The summed E-state index contributed by atoms with van der Waals surface area (Å²) >= 11 is 0. The van der Waals surface area contributed by atoms with Crippen LogP contribution >= 0.6 is 0 Å². The van der Waals surface area contributed by atoms with E-state index in [0.717, 1.165) is 25.7 Å². The summed E-state index contributed by atoms with van der Waals surface area (Å²) in [4.78, 5) is 11.4. The molecular formula is C12H16INO. The van der Waals surface area contributed by atoms with Crippen molar-refractivity contribution in [2.75, 3.05) is 0 Å². The smallest absolute Gasteiger partial charge is 0.168 e. The third kappa shape index (κ3) is 3.26. The van der Waals surface area contributed by atoms with Crippen molar-refractivity contribution in [2.24, 2.45) is 13.0 Å². The predicted molar refractivity (Wildman–Crippen MR) is 53.7 cm³/mol. The first-order chi connectivity index (χ1) is 6.75. The van der Waals surface area contributed by atoms with Gasteiger partial charge in [0, 0.05) is 24.5 Å². The Balaban J connectivity index is 0.00000112. The zero-order chi connectivity index (χ0) is 9.97. The van der Waals surface area contributed by atoms with Gasteiger partial charge in [-0.3, -0.25) is 4.79 Å². The molecule has 1 aliphatic rings.